The Bertz CT molecular complexity index is 1100. The molecule has 2 aromatic carbocycles. The van der Waals surface area contributed by atoms with Crippen molar-refractivity contribution in [3.8, 4) is 5.75 Å². The first-order chi connectivity index (χ1) is 15.6. The molecule has 1 heterocycles. The number of amides is 4. The van der Waals surface area contributed by atoms with E-state index in [2.05, 4.69) is 15.7 Å². The van der Waals surface area contributed by atoms with Crippen molar-refractivity contribution in [2.45, 2.75) is 24.9 Å². The fourth-order valence-electron chi connectivity index (χ4n) is 3.54. The SMILES string of the molecule is CC1(c2ccc(/C=N/N)cc2)NC(=O)N(CC(=O)NC(CC(=O)O)c2ccc(O)cc2)C1=O. The fraction of sp³-hybridized carbons (Fsp3) is 0.227. The number of phenols is 1. The van der Waals surface area contributed by atoms with E-state index in [4.69, 9.17) is 5.84 Å². The molecule has 1 saturated heterocycles. The maximum atomic E-state index is 13.0. The van der Waals surface area contributed by atoms with Crippen LogP contribution in [0.25, 0.3) is 0 Å². The molecule has 2 aromatic rings. The van der Waals surface area contributed by atoms with E-state index in [1.54, 1.807) is 24.3 Å². The molecule has 2 unspecified atom stereocenters. The van der Waals surface area contributed by atoms with Gasteiger partial charge in [0.2, 0.25) is 5.91 Å². The lowest BCUT2D eigenvalue weighted by Crippen LogP contribution is -2.44. The largest absolute Gasteiger partial charge is 0.508 e. The summed E-state index contributed by atoms with van der Waals surface area (Å²) in [7, 11) is 0. The van der Waals surface area contributed by atoms with Crippen molar-refractivity contribution in [1.82, 2.24) is 15.5 Å². The van der Waals surface area contributed by atoms with E-state index < -0.39 is 48.4 Å². The van der Waals surface area contributed by atoms with Crippen LogP contribution in [0.4, 0.5) is 4.79 Å². The number of carboxylic acid groups (broad SMARTS) is 1. The Morgan fingerprint density at radius 1 is 1.18 bits per heavy atom. The summed E-state index contributed by atoms with van der Waals surface area (Å²) < 4.78 is 0. The first kappa shape index (κ1) is 23.3. The minimum atomic E-state index is -1.38. The molecule has 0 saturated carbocycles. The van der Waals surface area contributed by atoms with Gasteiger partial charge in [0.1, 0.15) is 17.8 Å². The Hall–Kier alpha value is -4.41. The Morgan fingerprint density at radius 3 is 2.39 bits per heavy atom. The third kappa shape index (κ3) is 5.09. The topological polar surface area (TPSA) is 174 Å². The van der Waals surface area contributed by atoms with Gasteiger partial charge in [-0.25, -0.2) is 4.79 Å². The number of imide groups is 1. The van der Waals surface area contributed by atoms with Crippen LogP contribution in [0, 0.1) is 0 Å². The number of hydrogen-bond donors (Lipinski definition) is 5. The monoisotopic (exact) mass is 453 g/mol. The molecular formula is C22H23N5O6. The van der Waals surface area contributed by atoms with Crippen LogP contribution in [0.5, 0.6) is 5.75 Å². The van der Waals surface area contributed by atoms with Crippen molar-refractivity contribution in [2.24, 2.45) is 10.9 Å². The second kappa shape index (κ2) is 9.39. The minimum Gasteiger partial charge on any atom is -0.508 e. The van der Waals surface area contributed by atoms with Gasteiger partial charge in [0, 0.05) is 0 Å². The molecule has 0 aliphatic carbocycles. The van der Waals surface area contributed by atoms with E-state index in [-0.39, 0.29) is 5.75 Å². The third-order valence-electron chi connectivity index (χ3n) is 5.30. The molecule has 0 spiro atoms. The van der Waals surface area contributed by atoms with Crippen molar-refractivity contribution in [2.75, 3.05) is 6.54 Å². The van der Waals surface area contributed by atoms with Crippen LogP contribution < -0.4 is 16.5 Å². The molecule has 1 fully saturated rings. The number of benzene rings is 2. The summed E-state index contributed by atoms with van der Waals surface area (Å²) in [6.07, 6.45) is 1.01. The molecule has 11 heteroatoms. The molecule has 0 radical (unpaired) electrons. The fourth-order valence-corrected chi connectivity index (χ4v) is 3.54. The normalized spacial score (nSPS) is 18.9. The number of hydrogen-bond acceptors (Lipinski definition) is 7. The Labute approximate surface area is 188 Å². The van der Waals surface area contributed by atoms with Gasteiger partial charge in [0.05, 0.1) is 18.7 Å². The number of hydrazone groups is 1. The van der Waals surface area contributed by atoms with Gasteiger partial charge in [0.25, 0.3) is 5.91 Å². The van der Waals surface area contributed by atoms with Crippen molar-refractivity contribution in [3.63, 3.8) is 0 Å². The summed E-state index contributed by atoms with van der Waals surface area (Å²) >= 11 is 0. The van der Waals surface area contributed by atoms with Gasteiger partial charge in [-0.2, -0.15) is 5.10 Å². The zero-order chi connectivity index (χ0) is 24.2. The van der Waals surface area contributed by atoms with Crippen LogP contribution in [-0.2, 0) is 19.9 Å². The van der Waals surface area contributed by atoms with Crippen molar-refractivity contribution < 1.29 is 29.4 Å². The number of nitrogens with one attached hydrogen (secondary N) is 2. The van der Waals surface area contributed by atoms with E-state index in [0.29, 0.717) is 16.7 Å². The molecule has 11 nitrogen and oxygen atoms in total. The number of nitrogens with zero attached hydrogens (tertiary/aromatic N) is 2. The van der Waals surface area contributed by atoms with Crippen LogP contribution in [0.2, 0.25) is 0 Å². The van der Waals surface area contributed by atoms with Gasteiger partial charge in [0.15, 0.2) is 0 Å². The van der Waals surface area contributed by atoms with E-state index in [0.717, 1.165) is 4.90 Å². The van der Waals surface area contributed by atoms with Crippen LogP contribution in [-0.4, -0.2) is 51.7 Å². The molecule has 3 rings (SSSR count). The minimum absolute atomic E-state index is 0.0129. The van der Waals surface area contributed by atoms with Crippen LogP contribution >= 0.6 is 0 Å². The lowest BCUT2D eigenvalue weighted by molar-refractivity contribution is -0.138. The van der Waals surface area contributed by atoms with Crippen LogP contribution in [0.15, 0.2) is 53.6 Å². The third-order valence-corrected chi connectivity index (χ3v) is 5.30. The Balaban J connectivity index is 1.74. The quantitative estimate of drug-likeness (QED) is 0.170. The van der Waals surface area contributed by atoms with Gasteiger partial charge in [-0.15, -0.1) is 0 Å². The van der Waals surface area contributed by atoms with Gasteiger partial charge in [-0.05, 0) is 35.7 Å². The summed E-state index contributed by atoms with van der Waals surface area (Å²) in [6.45, 7) is 0.938. The highest BCUT2D eigenvalue weighted by Gasteiger charge is 2.49. The van der Waals surface area contributed by atoms with Gasteiger partial charge < -0.3 is 26.7 Å². The molecule has 6 N–H and O–H groups in total. The van der Waals surface area contributed by atoms with E-state index in [1.165, 1.54) is 37.4 Å². The Morgan fingerprint density at radius 2 is 1.82 bits per heavy atom. The maximum Gasteiger partial charge on any atom is 0.325 e. The van der Waals surface area contributed by atoms with Crippen molar-refractivity contribution in [3.05, 3.63) is 65.2 Å². The summed E-state index contributed by atoms with van der Waals surface area (Å²) in [5.74, 6) is 2.63. The zero-order valence-electron chi connectivity index (χ0n) is 17.7. The highest BCUT2D eigenvalue weighted by molar-refractivity contribution is 6.09. The van der Waals surface area contributed by atoms with Gasteiger partial charge in [-0.3, -0.25) is 19.3 Å². The van der Waals surface area contributed by atoms with Gasteiger partial charge >= 0.3 is 12.0 Å². The molecule has 172 valence electrons. The number of rotatable bonds is 8. The number of carbonyl (C=O) groups is 4. The van der Waals surface area contributed by atoms with E-state index >= 15 is 0 Å². The number of carboxylic acids is 1. The average molecular weight is 453 g/mol. The number of nitrogens with two attached hydrogens (primary N) is 1. The predicted molar refractivity (Wildman–Crippen MR) is 117 cm³/mol. The Kier molecular flexibility index (Phi) is 6.61. The summed E-state index contributed by atoms with van der Waals surface area (Å²) in [5.41, 5.74) is 0.279. The van der Waals surface area contributed by atoms with Crippen LogP contribution in [0.1, 0.15) is 36.1 Å². The molecule has 4 amide bonds. The highest BCUT2D eigenvalue weighted by atomic mass is 16.4. The molecule has 1 aliphatic rings. The maximum absolute atomic E-state index is 13.0. The predicted octanol–water partition coefficient (Wildman–Crippen LogP) is 0.784. The summed E-state index contributed by atoms with van der Waals surface area (Å²) in [4.78, 5) is 50.2. The first-order valence-corrected chi connectivity index (χ1v) is 9.92. The van der Waals surface area contributed by atoms with E-state index in [9.17, 15) is 29.4 Å². The molecular weight excluding hydrogens is 430 g/mol. The second-order valence-electron chi connectivity index (χ2n) is 7.66. The number of phenolic OH excluding ortho intramolecular Hbond substituents is 1. The molecule has 0 bridgehead atoms. The number of urea groups is 1. The van der Waals surface area contributed by atoms with Crippen LogP contribution in [0.3, 0.4) is 0 Å². The smallest absolute Gasteiger partial charge is 0.325 e. The highest BCUT2D eigenvalue weighted by Crippen LogP contribution is 2.29. The first-order valence-electron chi connectivity index (χ1n) is 9.92. The molecule has 0 aromatic heterocycles. The number of aromatic hydroxyl groups is 1. The second-order valence-corrected chi connectivity index (χ2v) is 7.66. The number of aliphatic carboxylic acids is 1. The van der Waals surface area contributed by atoms with Gasteiger partial charge in [-0.1, -0.05) is 36.4 Å². The standard InChI is InChI=1S/C22H23N5O6/c1-22(15-6-2-13(3-7-15)11-24-23)20(32)27(21(33)26-22)12-18(29)25-17(10-19(30)31)14-4-8-16(28)9-5-14/h2-9,11,17,28H,10,12,23H2,1H3,(H,25,29)(H,26,33)(H,30,31)/b24-11+. The molecule has 1 aliphatic heterocycles. The van der Waals surface area contributed by atoms with Crippen molar-refractivity contribution in [1.29, 1.82) is 0 Å². The summed E-state index contributed by atoms with van der Waals surface area (Å²) in [6, 6.07) is 10.7. The average Bonchev–Trinajstić information content (AvgIpc) is 2.98. The van der Waals surface area contributed by atoms with E-state index in [1.807, 2.05) is 0 Å². The number of carbonyl (C=O) groups excluding carboxylic acids is 3. The van der Waals surface area contributed by atoms with Crippen molar-refractivity contribution >= 4 is 30.0 Å². The zero-order valence-corrected chi connectivity index (χ0v) is 17.7. The molecule has 2 atom stereocenters. The summed E-state index contributed by atoms with van der Waals surface area (Å²) in [5, 5.41) is 27.2. The lowest BCUT2D eigenvalue weighted by Gasteiger charge is -2.23. The molecule has 33 heavy (non-hydrogen) atoms. The lowest BCUT2D eigenvalue weighted by atomic mass is 9.91.